The zero-order chi connectivity index (χ0) is 14.1. The van der Waals surface area contributed by atoms with Crippen LogP contribution in [-0.4, -0.2) is 42.4 Å². The summed E-state index contributed by atoms with van der Waals surface area (Å²) in [5, 5.41) is 12.8. The largest absolute Gasteiger partial charge is 0.389 e. The predicted molar refractivity (Wildman–Crippen MR) is 72.2 cm³/mol. The van der Waals surface area contributed by atoms with Crippen LogP contribution in [0.1, 0.15) is 40.5 Å². The summed E-state index contributed by atoms with van der Waals surface area (Å²) >= 11 is 0. The van der Waals surface area contributed by atoms with Gasteiger partial charge in [-0.15, -0.1) is 0 Å². The molecule has 0 aromatic rings. The number of primary amides is 1. The lowest BCUT2D eigenvalue weighted by Crippen LogP contribution is -2.38. The van der Waals surface area contributed by atoms with Crippen molar-refractivity contribution in [3.8, 4) is 0 Å². The maximum Gasteiger partial charge on any atom is 0.218 e. The van der Waals surface area contributed by atoms with Gasteiger partial charge in [0, 0.05) is 19.0 Å². The fraction of sp³-hybridized carbons (Fsp3) is 0.923. The average molecular weight is 260 g/mol. The Hall–Kier alpha value is -0.650. The first-order valence-corrected chi connectivity index (χ1v) is 6.62. The summed E-state index contributed by atoms with van der Waals surface area (Å²) in [4.78, 5) is 10.7. The Kier molecular flexibility index (Phi) is 8.97. The molecule has 0 radical (unpaired) electrons. The van der Waals surface area contributed by atoms with E-state index in [4.69, 9.17) is 10.5 Å². The van der Waals surface area contributed by atoms with Crippen LogP contribution >= 0.6 is 0 Å². The second-order valence-electron chi connectivity index (χ2n) is 5.41. The Morgan fingerprint density at radius 2 is 1.94 bits per heavy atom. The Bertz CT molecular complexity index is 234. The first kappa shape index (κ1) is 17.4. The Morgan fingerprint density at radius 3 is 2.44 bits per heavy atom. The summed E-state index contributed by atoms with van der Waals surface area (Å²) in [5.74, 6) is 0.247. The standard InChI is InChI=1S/C13H28N2O3/c1-9(2)5-11(4)18-8-12(16)7-15-10(3)6-13(14)17/h9-12,15-16H,5-8H2,1-4H3,(H2,14,17). The van der Waals surface area contributed by atoms with Gasteiger partial charge < -0.3 is 20.9 Å². The molecule has 3 atom stereocenters. The molecule has 0 aliphatic rings. The predicted octanol–water partition coefficient (Wildman–Crippen LogP) is 0.652. The highest BCUT2D eigenvalue weighted by Gasteiger charge is 2.11. The molecule has 0 fully saturated rings. The topological polar surface area (TPSA) is 84.6 Å². The fourth-order valence-electron chi connectivity index (χ4n) is 1.78. The number of aliphatic hydroxyl groups excluding tert-OH is 1. The number of hydrogen-bond donors (Lipinski definition) is 3. The van der Waals surface area contributed by atoms with E-state index in [0.717, 1.165) is 6.42 Å². The third kappa shape index (κ3) is 10.5. The number of carbonyl (C=O) groups excluding carboxylic acids is 1. The summed E-state index contributed by atoms with van der Waals surface area (Å²) < 4.78 is 5.55. The molecule has 0 bridgehead atoms. The first-order chi connectivity index (χ1) is 8.31. The van der Waals surface area contributed by atoms with Gasteiger partial charge in [0.05, 0.1) is 18.8 Å². The van der Waals surface area contributed by atoms with Gasteiger partial charge in [0.15, 0.2) is 0 Å². The van der Waals surface area contributed by atoms with Gasteiger partial charge >= 0.3 is 0 Å². The molecule has 108 valence electrons. The second kappa shape index (κ2) is 9.30. The molecule has 0 spiro atoms. The van der Waals surface area contributed by atoms with E-state index < -0.39 is 6.10 Å². The minimum absolute atomic E-state index is 0.0229. The van der Waals surface area contributed by atoms with Gasteiger partial charge in [-0.2, -0.15) is 0 Å². The van der Waals surface area contributed by atoms with E-state index in [0.29, 0.717) is 19.1 Å². The minimum Gasteiger partial charge on any atom is -0.389 e. The molecule has 3 unspecified atom stereocenters. The summed E-state index contributed by atoms with van der Waals surface area (Å²) in [6.45, 7) is 8.87. The lowest BCUT2D eigenvalue weighted by molar-refractivity contribution is -0.118. The number of aliphatic hydroxyl groups is 1. The van der Waals surface area contributed by atoms with E-state index in [1.54, 1.807) is 0 Å². The van der Waals surface area contributed by atoms with Crippen molar-refractivity contribution in [3.05, 3.63) is 0 Å². The number of nitrogens with one attached hydrogen (secondary N) is 1. The number of nitrogens with two attached hydrogens (primary N) is 1. The van der Waals surface area contributed by atoms with E-state index in [1.165, 1.54) is 0 Å². The number of ether oxygens (including phenoxy) is 1. The molecular formula is C13H28N2O3. The number of rotatable bonds is 10. The quantitative estimate of drug-likeness (QED) is 0.538. The van der Waals surface area contributed by atoms with Crippen molar-refractivity contribution in [2.45, 2.75) is 58.8 Å². The van der Waals surface area contributed by atoms with Gasteiger partial charge in [0.1, 0.15) is 0 Å². The van der Waals surface area contributed by atoms with Crippen LogP contribution < -0.4 is 11.1 Å². The minimum atomic E-state index is -0.560. The van der Waals surface area contributed by atoms with Crippen LogP contribution in [0.25, 0.3) is 0 Å². The maximum atomic E-state index is 10.7. The van der Waals surface area contributed by atoms with Crippen molar-refractivity contribution in [2.24, 2.45) is 11.7 Å². The molecule has 1 amide bonds. The van der Waals surface area contributed by atoms with Crippen LogP contribution in [-0.2, 0) is 9.53 Å². The van der Waals surface area contributed by atoms with Gasteiger partial charge in [0.25, 0.3) is 0 Å². The normalized spacial score (nSPS) is 16.6. The molecule has 0 saturated heterocycles. The molecule has 0 aliphatic carbocycles. The highest BCUT2D eigenvalue weighted by atomic mass is 16.5. The third-order valence-electron chi connectivity index (χ3n) is 2.59. The van der Waals surface area contributed by atoms with Crippen molar-refractivity contribution in [2.75, 3.05) is 13.2 Å². The summed E-state index contributed by atoms with van der Waals surface area (Å²) in [5.41, 5.74) is 5.08. The van der Waals surface area contributed by atoms with E-state index >= 15 is 0 Å². The maximum absolute atomic E-state index is 10.7. The highest BCUT2D eigenvalue weighted by Crippen LogP contribution is 2.07. The molecule has 0 saturated carbocycles. The lowest BCUT2D eigenvalue weighted by atomic mass is 10.1. The number of carbonyl (C=O) groups is 1. The van der Waals surface area contributed by atoms with Crippen LogP contribution in [0.15, 0.2) is 0 Å². The zero-order valence-corrected chi connectivity index (χ0v) is 12.0. The van der Waals surface area contributed by atoms with Gasteiger partial charge in [0.2, 0.25) is 5.91 Å². The molecule has 0 aliphatic heterocycles. The monoisotopic (exact) mass is 260 g/mol. The zero-order valence-electron chi connectivity index (χ0n) is 12.0. The Labute approximate surface area is 110 Å². The highest BCUT2D eigenvalue weighted by molar-refractivity contribution is 5.74. The number of hydrogen-bond acceptors (Lipinski definition) is 4. The van der Waals surface area contributed by atoms with E-state index in [-0.39, 0.29) is 24.5 Å². The lowest BCUT2D eigenvalue weighted by Gasteiger charge is -2.19. The van der Waals surface area contributed by atoms with Crippen LogP contribution in [0.3, 0.4) is 0 Å². The Balaban J connectivity index is 3.64. The van der Waals surface area contributed by atoms with Gasteiger partial charge in [-0.05, 0) is 26.2 Å². The molecule has 4 N–H and O–H groups in total. The molecule has 5 nitrogen and oxygen atoms in total. The molecule has 0 rings (SSSR count). The van der Waals surface area contributed by atoms with E-state index in [2.05, 4.69) is 19.2 Å². The van der Waals surface area contributed by atoms with Crippen molar-refractivity contribution in [3.63, 3.8) is 0 Å². The summed E-state index contributed by atoms with van der Waals surface area (Å²) in [6, 6.07) is -0.0229. The molecule has 0 heterocycles. The summed E-state index contributed by atoms with van der Waals surface area (Å²) in [7, 11) is 0. The summed E-state index contributed by atoms with van der Waals surface area (Å²) in [6.07, 6.45) is 0.855. The molecular weight excluding hydrogens is 232 g/mol. The molecule has 5 heteroatoms. The fourth-order valence-corrected chi connectivity index (χ4v) is 1.78. The van der Waals surface area contributed by atoms with Crippen LogP contribution in [0.4, 0.5) is 0 Å². The SMILES string of the molecule is CC(C)CC(C)OCC(O)CNC(C)CC(N)=O. The van der Waals surface area contributed by atoms with Crippen molar-refractivity contribution in [1.82, 2.24) is 5.32 Å². The van der Waals surface area contributed by atoms with Crippen LogP contribution in [0.5, 0.6) is 0 Å². The average Bonchev–Trinajstić information content (AvgIpc) is 2.21. The van der Waals surface area contributed by atoms with E-state index in [9.17, 15) is 9.90 Å². The molecule has 18 heavy (non-hydrogen) atoms. The Morgan fingerprint density at radius 1 is 1.33 bits per heavy atom. The number of amides is 1. The smallest absolute Gasteiger partial charge is 0.218 e. The third-order valence-corrected chi connectivity index (χ3v) is 2.59. The van der Waals surface area contributed by atoms with Crippen molar-refractivity contribution >= 4 is 5.91 Å². The van der Waals surface area contributed by atoms with Gasteiger partial charge in [-0.3, -0.25) is 4.79 Å². The first-order valence-electron chi connectivity index (χ1n) is 6.62. The second-order valence-corrected chi connectivity index (χ2v) is 5.41. The van der Waals surface area contributed by atoms with Crippen molar-refractivity contribution in [1.29, 1.82) is 0 Å². The van der Waals surface area contributed by atoms with Gasteiger partial charge in [-0.1, -0.05) is 13.8 Å². The van der Waals surface area contributed by atoms with Gasteiger partial charge in [-0.25, -0.2) is 0 Å². The van der Waals surface area contributed by atoms with Crippen LogP contribution in [0, 0.1) is 5.92 Å². The molecule has 0 aromatic heterocycles. The van der Waals surface area contributed by atoms with Crippen LogP contribution in [0.2, 0.25) is 0 Å². The van der Waals surface area contributed by atoms with Crippen molar-refractivity contribution < 1.29 is 14.6 Å². The van der Waals surface area contributed by atoms with E-state index in [1.807, 2.05) is 13.8 Å². The molecule has 0 aromatic carbocycles.